The molecule has 126 valence electrons. The van der Waals surface area contributed by atoms with E-state index in [0.717, 1.165) is 30.7 Å². The van der Waals surface area contributed by atoms with Crippen molar-refractivity contribution in [3.63, 3.8) is 0 Å². The molecule has 1 aromatic heterocycles. The van der Waals surface area contributed by atoms with Gasteiger partial charge in [-0.3, -0.25) is 9.59 Å². The van der Waals surface area contributed by atoms with Gasteiger partial charge in [-0.05, 0) is 31.4 Å². The van der Waals surface area contributed by atoms with Crippen LogP contribution in [-0.2, 0) is 17.8 Å². The molecule has 5 nitrogen and oxygen atoms in total. The zero-order valence-corrected chi connectivity index (χ0v) is 13.8. The molecular formula is C19H22N2O3. The minimum atomic E-state index is -0.254. The van der Waals surface area contributed by atoms with Crippen LogP contribution in [0.2, 0.25) is 0 Å². The van der Waals surface area contributed by atoms with Crippen LogP contribution in [0.25, 0.3) is 0 Å². The Hall–Kier alpha value is -2.40. The van der Waals surface area contributed by atoms with Crippen molar-refractivity contribution in [3.8, 4) is 0 Å². The summed E-state index contributed by atoms with van der Waals surface area (Å²) in [5.41, 5.74) is 2.43. The molecule has 0 spiro atoms. The third-order valence-corrected chi connectivity index (χ3v) is 4.40. The van der Waals surface area contributed by atoms with Crippen molar-refractivity contribution in [1.82, 2.24) is 4.57 Å². The number of carbonyl (C=O) groups excluding carboxylic acids is 1. The number of hydrogen-bond donors (Lipinski definition) is 1. The van der Waals surface area contributed by atoms with Crippen molar-refractivity contribution in [2.75, 3.05) is 11.9 Å². The quantitative estimate of drug-likeness (QED) is 0.829. The number of ether oxygens (including phenoxy) is 1. The van der Waals surface area contributed by atoms with Crippen molar-refractivity contribution >= 4 is 12.0 Å². The van der Waals surface area contributed by atoms with E-state index in [1.165, 1.54) is 0 Å². The molecule has 1 atom stereocenters. The second kappa shape index (κ2) is 7.45. The van der Waals surface area contributed by atoms with Crippen molar-refractivity contribution in [2.24, 2.45) is 0 Å². The van der Waals surface area contributed by atoms with E-state index in [0.29, 0.717) is 25.1 Å². The summed E-state index contributed by atoms with van der Waals surface area (Å²) in [6, 6.07) is 11.7. The molecule has 0 radical (unpaired) electrons. The van der Waals surface area contributed by atoms with Gasteiger partial charge < -0.3 is 14.6 Å². The first-order valence-corrected chi connectivity index (χ1v) is 8.28. The molecule has 0 amide bonds. The summed E-state index contributed by atoms with van der Waals surface area (Å²) < 4.78 is 7.26. The van der Waals surface area contributed by atoms with Gasteiger partial charge >= 0.3 is 0 Å². The van der Waals surface area contributed by atoms with E-state index in [2.05, 4.69) is 5.32 Å². The topological polar surface area (TPSA) is 60.3 Å². The van der Waals surface area contributed by atoms with Gasteiger partial charge in [0.05, 0.1) is 18.3 Å². The molecule has 1 fully saturated rings. The largest absolute Gasteiger partial charge is 0.380 e. The summed E-state index contributed by atoms with van der Waals surface area (Å²) >= 11 is 0. The summed E-state index contributed by atoms with van der Waals surface area (Å²) in [7, 11) is 0. The minimum Gasteiger partial charge on any atom is -0.380 e. The van der Waals surface area contributed by atoms with Gasteiger partial charge in [0.25, 0.3) is 5.56 Å². The van der Waals surface area contributed by atoms with Crippen LogP contribution in [0.1, 0.15) is 34.5 Å². The molecule has 0 unspecified atom stereocenters. The smallest absolute Gasteiger partial charge is 0.263 e. The van der Waals surface area contributed by atoms with Gasteiger partial charge in [-0.1, -0.05) is 30.3 Å². The second-order valence-corrected chi connectivity index (χ2v) is 6.12. The lowest BCUT2D eigenvalue weighted by Gasteiger charge is -2.17. The fourth-order valence-electron chi connectivity index (χ4n) is 3.06. The third kappa shape index (κ3) is 3.57. The highest BCUT2D eigenvalue weighted by Gasteiger charge is 2.19. The Morgan fingerprint density at radius 2 is 2.12 bits per heavy atom. The molecule has 3 rings (SSSR count). The fourth-order valence-corrected chi connectivity index (χ4v) is 3.06. The lowest BCUT2D eigenvalue weighted by atomic mass is 10.1. The molecular weight excluding hydrogens is 304 g/mol. The number of rotatable bonds is 6. The molecule has 24 heavy (non-hydrogen) atoms. The molecule has 0 bridgehead atoms. The van der Waals surface area contributed by atoms with E-state index in [9.17, 15) is 9.59 Å². The highest BCUT2D eigenvalue weighted by molar-refractivity contribution is 5.83. The maximum absolute atomic E-state index is 12.7. The highest BCUT2D eigenvalue weighted by Crippen LogP contribution is 2.17. The number of pyridine rings is 1. The standard InChI is InChI=1S/C19H22N2O3/c1-14-10-18(20-11-15-6-3-2-4-7-15)17(13-22)19(23)21(14)12-16-8-5-9-24-16/h2-4,6-7,10,13,16,20H,5,8-9,11-12H2,1H3/t16-/m0/s1. The number of aryl methyl sites for hydroxylation is 1. The first-order valence-electron chi connectivity index (χ1n) is 8.28. The van der Waals surface area contributed by atoms with Crippen molar-refractivity contribution in [3.05, 3.63) is 63.6 Å². The molecule has 0 aliphatic carbocycles. The Balaban J connectivity index is 1.84. The summed E-state index contributed by atoms with van der Waals surface area (Å²) in [4.78, 5) is 24.2. The van der Waals surface area contributed by atoms with Gasteiger partial charge in [-0.25, -0.2) is 0 Å². The first-order chi connectivity index (χ1) is 11.7. The number of anilines is 1. The number of aromatic nitrogens is 1. The Morgan fingerprint density at radius 1 is 1.33 bits per heavy atom. The van der Waals surface area contributed by atoms with Crippen LogP contribution in [0.5, 0.6) is 0 Å². The van der Waals surface area contributed by atoms with E-state index >= 15 is 0 Å². The molecule has 5 heteroatoms. The normalized spacial score (nSPS) is 17.0. The van der Waals surface area contributed by atoms with Crippen LogP contribution in [0.15, 0.2) is 41.2 Å². The fraction of sp³-hybridized carbons (Fsp3) is 0.368. The maximum Gasteiger partial charge on any atom is 0.263 e. The zero-order chi connectivity index (χ0) is 16.9. The average Bonchev–Trinajstić information content (AvgIpc) is 3.11. The number of hydrogen-bond acceptors (Lipinski definition) is 4. The molecule has 1 saturated heterocycles. The van der Waals surface area contributed by atoms with Crippen molar-refractivity contribution in [1.29, 1.82) is 0 Å². The van der Waals surface area contributed by atoms with E-state index in [4.69, 9.17) is 4.74 Å². The van der Waals surface area contributed by atoms with E-state index in [-0.39, 0.29) is 17.2 Å². The van der Waals surface area contributed by atoms with Crippen LogP contribution < -0.4 is 10.9 Å². The number of aldehydes is 1. The first kappa shape index (κ1) is 16.5. The van der Waals surface area contributed by atoms with Crippen LogP contribution in [-0.4, -0.2) is 23.6 Å². The number of nitrogens with zero attached hydrogens (tertiary/aromatic N) is 1. The van der Waals surface area contributed by atoms with Gasteiger partial charge in [-0.15, -0.1) is 0 Å². The molecule has 2 heterocycles. The number of benzene rings is 1. The van der Waals surface area contributed by atoms with Crippen molar-refractivity contribution < 1.29 is 9.53 Å². The zero-order valence-electron chi connectivity index (χ0n) is 13.8. The summed E-state index contributed by atoms with van der Waals surface area (Å²) in [5, 5.41) is 3.21. The minimum absolute atomic E-state index is 0.0593. The Kier molecular flexibility index (Phi) is 5.11. The molecule has 1 aliphatic heterocycles. The molecule has 1 aliphatic rings. The van der Waals surface area contributed by atoms with Crippen LogP contribution >= 0.6 is 0 Å². The van der Waals surface area contributed by atoms with E-state index < -0.39 is 0 Å². The Labute approximate surface area is 141 Å². The van der Waals surface area contributed by atoms with E-state index in [1.54, 1.807) is 4.57 Å². The Morgan fingerprint density at radius 3 is 2.79 bits per heavy atom. The number of nitrogens with one attached hydrogen (secondary N) is 1. The lowest BCUT2D eigenvalue weighted by Crippen LogP contribution is -2.31. The van der Waals surface area contributed by atoms with Gasteiger partial charge in [0.15, 0.2) is 6.29 Å². The van der Waals surface area contributed by atoms with Crippen LogP contribution in [0.4, 0.5) is 5.69 Å². The second-order valence-electron chi connectivity index (χ2n) is 6.12. The van der Waals surface area contributed by atoms with Gasteiger partial charge in [-0.2, -0.15) is 0 Å². The SMILES string of the molecule is Cc1cc(NCc2ccccc2)c(C=O)c(=O)n1C[C@@H]1CCCO1. The van der Waals surface area contributed by atoms with Gasteiger partial charge in [0.1, 0.15) is 5.56 Å². The maximum atomic E-state index is 12.7. The highest BCUT2D eigenvalue weighted by atomic mass is 16.5. The molecule has 1 aromatic carbocycles. The predicted octanol–water partition coefficient (Wildman–Crippen LogP) is 2.76. The molecule has 2 aromatic rings. The predicted molar refractivity (Wildman–Crippen MR) is 93.6 cm³/mol. The van der Waals surface area contributed by atoms with Crippen LogP contribution in [0.3, 0.4) is 0 Å². The Bertz CT molecular complexity index is 762. The summed E-state index contributed by atoms with van der Waals surface area (Å²) in [5.74, 6) is 0. The van der Waals surface area contributed by atoms with Crippen LogP contribution in [0, 0.1) is 6.92 Å². The number of carbonyl (C=O) groups is 1. The molecule has 1 N–H and O–H groups in total. The summed E-state index contributed by atoms with van der Waals surface area (Å²) in [6.07, 6.45) is 2.68. The van der Waals surface area contributed by atoms with Gasteiger partial charge in [0.2, 0.25) is 0 Å². The van der Waals surface area contributed by atoms with Gasteiger partial charge in [0, 0.05) is 18.8 Å². The monoisotopic (exact) mass is 326 g/mol. The average molecular weight is 326 g/mol. The molecule has 0 saturated carbocycles. The third-order valence-electron chi connectivity index (χ3n) is 4.40. The van der Waals surface area contributed by atoms with Crippen molar-refractivity contribution in [2.45, 2.75) is 39.0 Å². The summed E-state index contributed by atoms with van der Waals surface area (Å²) in [6.45, 7) is 3.70. The van der Waals surface area contributed by atoms with E-state index in [1.807, 2.05) is 43.3 Å². The lowest BCUT2D eigenvalue weighted by molar-refractivity contribution is 0.0953.